The number of aromatic nitrogens is 5. The molecule has 0 unspecified atom stereocenters. The van der Waals surface area contributed by atoms with Crippen LogP contribution in [0.5, 0.6) is 0 Å². The summed E-state index contributed by atoms with van der Waals surface area (Å²) in [7, 11) is 1.79. The van der Waals surface area contributed by atoms with Crippen LogP contribution in [0.4, 0.5) is 8.78 Å². The molecule has 7 nitrogen and oxygen atoms in total. The van der Waals surface area contributed by atoms with E-state index in [2.05, 4.69) is 14.5 Å². The van der Waals surface area contributed by atoms with Crippen LogP contribution in [0.25, 0.3) is 28.0 Å². The van der Waals surface area contributed by atoms with Crippen LogP contribution in [0.1, 0.15) is 60.9 Å². The van der Waals surface area contributed by atoms with Crippen molar-refractivity contribution in [1.82, 2.24) is 29.0 Å². The van der Waals surface area contributed by atoms with Gasteiger partial charge in [0.2, 0.25) is 5.91 Å². The minimum absolute atomic E-state index is 0.0539. The molecule has 9 heteroatoms. The number of carbonyl (C=O) groups excluding carboxylic acids is 1. The summed E-state index contributed by atoms with van der Waals surface area (Å²) in [6.07, 6.45) is 2.58. The van der Waals surface area contributed by atoms with Gasteiger partial charge in [-0.15, -0.1) is 0 Å². The quantitative estimate of drug-likeness (QED) is 0.431. The topological polar surface area (TPSA) is 68.8 Å². The number of hydrogen-bond donors (Lipinski definition) is 0. The first-order valence-electron chi connectivity index (χ1n) is 11.4. The molecular formula is C25H24F2N6O. The average Bonchev–Trinajstić information content (AvgIpc) is 3.46. The summed E-state index contributed by atoms with van der Waals surface area (Å²) in [5.74, 6) is 1.48. The molecule has 1 aromatic carbocycles. The smallest absolute Gasteiger partial charge is 0.267 e. The molecule has 3 aromatic heterocycles. The van der Waals surface area contributed by atoms with Gasteiger partial charge in [0.15, 0.2) is 0 Å². The fraction of sp³-hybridized carbons (Fsp3) is 0.360. The second-order valence-electron chi connectivity index (χ2n) is 9.28. The van der Waals surface area contributed by atoms with E-state index in [9.17, 15) is 13.6 Å². The van der Waals surface area contributed by atoms with Crippen molar-refractivity contribution in [3.05, 3.63) is 59.6 Å². The van der Waals surface area contributed by atoms with E-state index >= 15 is 0 Å². The Morgan fingerprint density at radius 2 is 1.97 bits per heavy atom. The van der Waals surface area contributed by atoms with Crippen LogP contribution >= 0.6 is 0 Å². The van der Waals surface area contributed by atoms with Gasteiger partial charge in [0.1, 0.15) is 24.0 Å². The number of hydrogen-bond acceptors (Lipinski definition) is 4. The van der Waals surface area contributed by atoms with Gasteiger partial charge in [0, 0.05) is 30.1 Å². The first-order chi connectivity index (χ1) is 16.3. The molecule has 0 saturated heterocycles. The van der Waals surface area contributed by atoms with Crippen LogP contribution in [0.15, 0.2) is 36.8 Å². The van der Waals surface area contributed by atoms with Crippen molar-refractivity contribution in [3.8, 4) is 17.1 Å². The van der Waals surface area contributed by atoms with Crippen molar-refractivity contribution in [1.29, 1.82) is 0 Å². The monoisotopic (exact) mass is 462 g/mol. The van der Waals surface area contributed by atoms with E-state index in [1.54, 1.807) is 25.1 Å². The number of benzene rings is 1. The van der Waals surface area contributed by atoms with Crippen LogP contribution in [0, 0.1) is 6.92 Å². The van der Waals surface area contributed by atoms with Gasteiger partial charge in [-0.25, -0.2) is 23.7 Å². The minimum atomic E-state index is -2.70. The maximum Gasteiger partial charge on any atom is 0.267 e. The molecule has 1 atom stereocenters. The van der Waals surface area contributed by atoms with Crippen LogP contribution in [-0.2, 0) is 11.3 Å². The number of carbonyl (C=O) groups is 1. The van der Waals surface area contributed by atoms with E-state index in [0.717, 1.165) is 41.3 Å². The maximum atomic E-state index is 14.2. The molecule has 1 amide bonds. The fourth-order valence-electron chi connectivity index (χ4n) is 4.96. The van der Waals surface area contributed by atoms with Crippen LogP contribution in [-0.4, -0.2) is 41.9 Å². The van der Waals surface area contributed by atoms with E-state index < -0.39 is 6.43 Å². The SMILES string of the molecule is Cc1cn(-c2nc3cccc(-c4nc(C5CC5)n5c4CN(C)C(=O)[C@@H]5C)c3cc2C(F)F)cn1. The van der Waals surface area contributed by atoms with Crippen molar-refractivity contribution < 1.29 is 13.6 Å². The first kappa shape index (κ1) is 20.9. The molecule has 2 aliphatic rings. The molecule has 1 fully saturated rings. The number of rotatable bonds is 4. The summed E-state index contributed by atoms with van der Waals surface area (Å²) < 4.78 is 32.0. The summed E-state index contributed by atoms with van der Waals surface area (Å²) in [5, 5.41) is 0.619. The lowest BCUT2D eigenvalue weighted by atomic mass is 10.0. The van der Waals surface area contributed by atoms with Crippen molar-refractivity contribution in [2.75, 3.05) is 7.05 Å². The third-order valence-electron chi connectivity index (χ3n) is 6.80. The Morgan fingerprint density at radius 3 is 2.65 bits per heavy atom. The third-order valence-corrected chi connectivity index (χ3v) is 6.80. The average molecular weight is 463 g/mol. The zero-order chi connectivity index (χ0) is 23.7. The number of pyridine rings is 1. The molecule has 4 aromatic rings. The fourth-order valence-corrected chi connectivity index (χ4v) is 4.96. The minimum Gasteiger partial charge on any atom is -0.338 e. The van der Waals surface area contributed by atoms with E-state index in [1.165, 1.54) is 17.0 Å². The Morgan fingerprint density at radius 1 is 1.18 bits per heavy atom. The van der Waals surface area contributed by atoms with Gasteiger partial charge >= 0.3 is 0 Å². The van der Waals surface area contributed by atoms with Crippen LogP contribution in [0.2, 0.25) is 0 Å². The second kappa shape index (κ2) is 7.44. The van der Waals surface area contributed by atoms with Gasteiger partial charge in [0.05, 0.1) is 34.7 Å². The normalized spacial score (nSPS) is 18.2. The molecule has 0 bridgehead atoms. The third kappa shape index (κ3) is 3.13. The lowest BCUT2D eigenvalue weighted by Crippen LogP contribution is -2.39. The number of likely N-dealkylation sites (N-methyl/N-ethyl adjacent to an activating group) is 1. The van der Waals surface area contributed by atoms with Gasteiger partial charge in [-0.05, 0) is 38.8 Å². The van der Waals surface area contributed by atoms with Gasteiger partial charge in [-0.1, -0.05) is 12.1 Å². The van der Waals surface area contributed by atoms with E-state index in [-0.39, 0.29) is 23.3 Å². The number of fused-ring (bicyclic) bond motifs is 2. The highest BCUT2D eigenvalue weighted by Gasteiger charge is 2.38. The van der Waals surface area contributed by atoms with E-state index in [1.807, 2.05) is 25.1 Å². The molecule has 174 valence electrons. The van der Waals surface area contributed by atoms with Gasteiger partial charge < -0.3 is 9.47 Å². The maximum absolute atomic E-state index is 14.2. The molecule has 0 spiro atoms. The van der Waals surface area contributed by atoms with Crippen molar-refractivity contribution in [2.24, 2.45) is 0 Å². The van der Waals surface area contributed by atoms with Crippen molar-refractivity contribution in [2.45, 2.75) is 51.6 Å². The molecule has 1 aliphatic carbocycles. The predicted molar refractivity (Wildman–Crippen MR) is 123 cm³/mol. The number of halogens is 2. The zero-order valence-electron chi connectivity index (χ0n) is 19.2. The van der Waals surface area contributed by atoms with Crippen LogP contribution in [0.3, 0.4) is 0 Å². The van der Waals surface area contributed by atoms with Gasteiger partial charge in [0.25, 0.3) is 6.43 Å². The number of imidazole rings is 2. The predicted octanol–water partition coefficient (Wildman–Crippen LogP) is 4.94. The molecule has 34 heavy (non-hydrogen) atoms. The summed E-state index contributed by atoms with van der Waals surface area (Å²) in [4.78, 5) is 28.2. The highest BCUT2D eigenvalue weighted by molar-refractivity contribution is 5.96. The first-order valence-corrected chi connectivity index (χ1v) is 11.4. The number of aryl methyl sites for hydroxylation is 1. The largest absolute Gasteiger partial charge is 0.338 e. The van der Waals surface area contributed by atoms with Crippen LogP contribution < -0.4 is 0 Å². The highest BCUT2D eigenvalue weighted by Crippen LogP contribution is 2.45. The molecule has 1 aliphatic heterocycles. The Balaban J connectivity index is 1.59. The summed E-state index contributed by atoms with van der Waals surface area (Å²) in [5.41, 5.74) is 3.61. The molecule has 0 radical (unpaired) electrons. The lowest BCUT2D eigenvalue weighted by molar-refractivity contribution is -0.135. The van der Waals surface area contributed by atoms with Gasteiger partial charge in [-0.3, -0.25) is 9.36 Å². The molecule has 0 N–H and O–H groups in total. The number of nitrogens with zero attached hydrogens (tertiary/aromatic N) is 6. The summed E-state index contributed by atoms with van der Waals surface area (Å²) in [6.45, 7) is 4.13. The second-order valence-corrected chi connectivity index (χ2v) is 9.28. The molecule has 1 saturated carbocycles. The molecular weight excluding hydrogens is 438 g/mol. The summed E-state index contributed by atoms with van der Waals surface area (Å²) in [6, 6.07) is 6.78. The molecule has 4 heterocycles. The Kier molecular flexibility index (Phi) is 4.59. The van der Waals surface area contributed by atoms with Crippen molar-refractivity contribution in [3.63, 3.8) is 0 Å². The van der Waals surface area contributed by atoms with Crippen molar-refractivity contribution >= 4 is 16.8 Å². The highest BCUT2D eigenvalue weighted by atomic mass is 19.3. The van der Waals surface area contributed by atoms with E-state index in [4.69, 9.17) is 4.98 Å². The standard InChI is InChI=1S/C25H24F2N6O/c1-13-10-32(12-28-13)24-18(22(26)27)9-17-16(5-4-6-19(17)29-24)21-20-11-31(3)25(34)14(2)33(20)23(30-21)15-7-8-15/h4-6,9-10,12,14-15,22H,7-8,11H2,1-3H3/t14-/m0/s1. The Hall–Kier alpha value is -3.62. The Bertz CT molecular complexity index is 1450. The van der Waals surface area contributed by atoms with E-state index in [0.29, 0.717) is 23.4 Å². The summed E-state index contributed by atoms with van der Waals surface area (Å²) >= 11 is 0. The lowest BCUT2D eigenvalue weighted by Gasteiger charge is -2.31. The molecule has 6 rings (SSSR count). The number of alkyl halides is 2. The van der Waals surface area contributed by atoms with Gasteiger partial charge in [-0.2, -0.15) is 0 Å². The zero-order valence-corrected chi connectivity index (χ0v) is 19.2. The Labute approximate surface area is 195 Å². The number of amides is 1.